The Balaban J connectivity index is 4.44. The van der Waals surface area contributed by atoms with Crippen molar-refractivity contribution in [2.24, 2.45) is 5.92 Å². The van der Waals surface area contributed by atoms with Crippen molar-refractivity contribution in [3.63, 3.8) is 0 Å². The molecule has 84 valence electrons. The van der Waals surface area contributed by atoms with Gasteiger partial charge in [0.1, 0.15) is 0 Å². The molecule has 0 heterocycles. The number of hydrogen-bond acceptors (Lipinski definition) is 1. The predicted molar refractivity (Wildman–Crippen MR) is 67.1 cm³/mol. The second-order valence-electron chi connectivity index (χ2n) is 5.68. The van der Waals surface area contributed by atoms with Crippen LogP contribution < -0.4 is 0 Å². The molecule has 0 amide bonds. The summed E-state index contributed by atoms with van der Waals surface area (Å²) in [6.07, 6.45) is 2.26. The first-order valence-electron chi connectivity index (χ1n) is 5.42. The van der Waals surface area contributed by atoms with E-state index < -0.39 is 8.32 Å². The molecule has 2 heteroatoms. The van der Waals surface area contributed by atoms with Crippen LogP contribution in [-0.2, 0) is 4.43 Å². The van der Waals surface area contributed by atoms with Gasteiger partial charge in [-0.05, 0) is 31.0 Å². The first-order valence-corrected chi connectivity index (χ1v) is 8.33. The van der Waals surface area contributed by atoms with Crippen molar-refractivity contribution in [2.45, 2.75) is 58.9 Å². The Kier molecular flexibility index (Phi) is 4.60. The second kappa shape index (κ2) is 4.62. The molecule has 0 bridgehead atoms. The topological polar surface area (TPSA) is 9.23 Å². The molecule has 0 aliphatic heterocycles. The molecular formula is C12H26OSi. The fourth-order valence-electron chi connectivity index (χ4n) is 0.940. The molecule has 0 saturated carbocycles. The van der Waals surface area contributed by atoms with Crippen LogP contribution in [-0.4, -0.2) is 14.4 Å². The van der Waals surface area contributed by atoms with E-state index in [0.29, 0.717) is 11.0 Å². The smallest absolute Gasteiger partial charge is 0.192 e. The molecule has 0 aliphatic rings. The molecule has 0 aliphatic carbocycles. The highest BCUT2D eigenvalue weighted by Gasteiger charge is 2.38. The SMILES string of the molecule is C=CC(C)C(C)O[Si](C)(C)C(C)(C)C. The normalized spacial score (nSPS) is 17.6. The minimum atomic E-state index is -1.59. The molecule has 0 aromatic rings. The van der Waals surface area contributed by atoms with E-state index in [1.165, 1.54) is 0 Å². The number of rotatable bonds is 4. The third kappa shape index (κ3) is 3.58. The lowest BCUT2D eigenvalue weighted by molar-refractivity contribution is 0.164. The van der Waals surface area contributed by atoms with E-state index in [4.69, 9.17) is 4.43 Å². The van der Waals surface area contributed by atoms with Crippen LogP contribution in [0.25, 0.3) is 0 Å². The zero-order valence-corrected chi connectivity index (χ0v) is 11.8. The standard InChI is InChI=1S/C12H26OSi/c1-9-10(2)11(3)13-14(7,8)12(4,5)6/h9-11H,1H2,2-8H3. The number of hydrogen-bond donors (Lipinski definition) is 0. The molecule has 2 atom stereocenters. The van der Waals surface area contributed by atoms with Crippen molar-refractivity contribution in [3.05, 3.63) is 12.7 Å². The van der Waals surface area contributed by atoms with E-state index in [0.717, 1.165) is 0 Å². The molecule has 0 fully saturated rings. The molecule has 0 aromatic carbocycles. The third-order valence-corrected chi connectivity index (χ3v) is 7.97. The van der Waals surface area contributed by atoms with Gasteiger partial charge in [-0.3, -0.25) is 0 Å². The molecule has 2 unspecified atom stereocenters. The van der Waals surface area contributed by atoms with Gasteiger partial charge in [0.2, 0.25) is 0 Å². The van der Waals surface area contributed by atoms with E-state index in [1.807, 2.05) is 6.08 Å². The van der Waals surface area contributed by atoms with Gasteiger partial charge in [-0.15, -0.1) is 6.58 Å². The molecule has 0 spiro atoms. The van der Waals surface area contributed by atoms with Gasteiger partial charge in [-0.25, -0.2) is 0 Å². The fraction of sp³-hybridized carbons (Fsp3) is 0.833. The minimum absolute atomic E-state index is 0.286. The summed E-state index contributed by atoms with van der Waals surface area (Å²) >= 11 is 0. The molecule has 14 heavy (non-hydrogen) atoms. The Hall–Kier alpha value is -0.0831. The molecule has 0 saturated heterocycles. The highest BCUT2D eigenvalue weighted by molar-refractivity contribution is 6.74. The van der Waals surface area contributed by atoms with Crippen LogP contribution in [0.1, 0.15) is 34.6 Å². The van der Waals surface area contributed by atoms with Crippen LogP contribution >= 0.6 is 0 Å². The van der Waals surface area contributed by atoms with Gasteiger partial charge < -0.3 is 4.43 Å². The summed E-state index contributed by atoms with van der Waals surface area (Å²) < 4.78 is 6.22. The van der Waals surface area contributed by atoms with Gasteiger partial charge in [0, 0.05) is 6.10 Å². The third-order valence-electron chi connectivity index (χ3n) is 3.40. The van der Waals surface area contributed by atoms with Gasteiger partial charge in [-0.1, -0.05) is 33.8 Å². The summed E-state index contributed by atoms with van der Waals surface area (Å²) in [5.41, 5.74) is 0. The molecular weight excluding hydrogens is 188 g/mol. The van der Waals surface area contributed by atoms with E-state index in [1.54, 1.807) is 0 Å². The van der Waals surface area contributed by atoms with Crippen molar-refractivity contribution in [2.75, 3.05) is 0 Å². The molecule has 0 aromatic heterocycles. The monoisotopic (exact) mass is 214 g/mol. The van der Waals surface area contributed by atoms with Crippen molar-refractivity contribution in [1.82, 2.24) is 0 Å². The second-order valence-corrected chi connectivity index (χ2v) is 10.4. The average Bonchev–Trinajstić information content (AvgIpc) is 2.00. The van der Waals surface area contributed by atoms with Gasteiger partial charge in [-0.2, -0.15) is 0 Å². The zero-order valence-electron chi connectivity index (χ0n) is 10.8. The van der Waals surface area contributed by atoms with E-state index in [9.17, 15) is 0 Å². The largest absolute Gasteiger partial charge is 0.414 e. The van der Waals surface area contributed by atoms with Gasteiger partial charge in [0.05, 0.1) is 0 Å². The van der Waals surface area contributed by atoms with Crippen LogP contribution in [0.5, 0.6) is 0 Å². The lowest BCUT2D eigenvalue weighted by Gasteiger charge is -2.39. The van der Waals surface area contributed by atoms with Crippen LogP contribution in [0, 0.1) is 5.92 Å². The summed E-state index contributed by atoms with van der Waals surface area (Å²) in [5.74, 6) is 0.434. The van der Waals surface area contributed by atoms with Gasteiger partial charge >= 0.3 is 0 Å². The first-order chi connectivity index (χ1) is 6.12. The lowest BCUT2D eigenvalue weighted by atomic mass is 10.1. The molecule has 0 rings (SSSR count). The van der Waals surface area contributed by atoms with Crippen LogP contribution in [0.15, 0.2) is 12.7 Å². The molecule has 0 radical (unpaired) electrons. The first kappa shape index (κ1) is 13.9. The van der Waals surface area contributed by atoms with Crippen molar-refractivity contribution in [3.8, 4) is 0 Å². The Morgan fingerprint density at radius 3 is 1.93 bits per heavy atom. The van der Waals surface area contributed by atoms with Crippen LogP contribution in [0.3, 0.4) is 0 Å². The van der Waals surface area contributed by atoms with Crippen molar-refractivity contribution in [1.29, 1.82) is 0 Å². The molecule has 0 N–H and O–H groups in total. The zero-order chi connectivity index (χ0) is 11.6. The maximum Gasteiger partial charge on any atom is 0.192 e. The Bertz CT molecular complexity index is 191. The predicted octanol–water partition coefficient (Wildman–Crippen LogP) is 4.22. The van der Waals surface area contributed by atoms with E-state index >= 15 is 0 Å². The Labute approximate surface area is 90.7 Å². The highest BCUT2D eigenvalue weighted by Crippen LogP contribution is 2.37. The van der Waals surface area contributed by atoms with Crippen LogP contribution in [0.2, 0.25) is 18.1 Å². The summed E-state index contributed by atoms with van der Waals surface area (Å²) in [6.45, 7) is 19.5. The average molecular weight is 214 g/mol. The summed E-state index contributed by atoms with van der Waals surface area (Å²) in [6, 6.07) is 0. The Morgan fingerprint density at radius 1 is 1.21 bits per heavy atom. The highest BCUT2D eigenvalue weighted by atomic mass is 28.4. The lowest BCUT2D eigenvalue weighted by Crippen LogP contribution is -2.44. The quantitative estimate of drug-likeness (QED) is 0.503. The van der Waals surface area contributed by atoms with Crippen molar-refractivity contribution < 1.29 is 4.43 Å². The van der Waals surface area contributed by atoms with E-state index in [2.05, 4.69) is 54.3 Å². The summed E-state index contributed by atoms with van der Waals surface area (Å²) in [7, 11) is -1.59. The van der Waals surface area contributed by atoms with Crippen molar-refractivity contribution >= 4 is 8.32 Å². The maximum absolute atomic E-state index is 6.22. The molecule has 1 nitrogen and oxygen atoms in total. The maximum atomic E-state index is 6.22. The summed E-state index contributed by atoms with van der Waals surface area (Å²) in [4.78, 5) is 0. The fourth-order valence-corrected chi connectivity index (χ4v) is 2.44. The van der Waals surface area contributed by atoms with E-state index in [-0.39, 0.29) is 6.10 Å². The van der Waals surface area contributed by atoms with Gasteiger partial charge in [0.15, 0.2) is 8.32 Å². The van der Waals surface area contributed by atoms with Crippen LogP contribution in [0.4, 0.5) is 0 Å². The summed E-state index contributed by atoms with van der Waals surface area (Å²) in [5, 5.41) is 0.294. The van der Waals surface area contributed by atoms with Gasteiger partial charge in [0.25, 0.3) is 0 Å². The Morgan fingerprint density at radius 2 is 1.64 bits per heavy atom. The minimum Gasteiger partial charge on any atom is -0.414 e.